The molecule has 9 heteroatoms. The predicted molar refractivity (Wildman–Crippen MR) is 86.0 cm³/mol. The third kappa shape index (κ3) is 4.54. The summed E-state index contributed by atoms with van der Waals surface area (Å²) < 4.78 is 11.7. The number of hydrogen-bond donors (Lipinski definition) is 0. The first kappa shape index (κ1) is 17.9. The summed E-state index contributed by atoms with van der Waals surface area (Å²) in [5.41, 5.74) is 0.974. The fraction of sp³-hybridized carbons (Fsp3) is 0.312. The van der Waals surface area contributed by atoms with Crippen molar-refractivity contribution in [3.05, 3.63) is 51.3 Å². The van der Waals surface area contributed by atoms with E-state index >= 15 is 0 Å². The standard InChI is InChI=1S/C16H16N4O5/c1-11-16(20(22)23)12(2)19(18-11)10-15(21)25-8-7-24-14-5-3-13(9-17)4-6-14/h3-6H,7-8,10H2,1-2H3. The molecule has 0 saturated heterocycles. The molecule has 0 N–H and O–H groups in total. The molecule has 0 spiro atoms. The second-order valence-electron chi connectivity index (χ2n) is 5.14. The predicted octanol–water partition coefficient (Wildman–Crippen LogP) is 1.90. The zero-order chi connectivity index (χ0) is 18.4. The number of ether oxygens (including phenoxy) is 2. The van der Waals surface area contributed by atoms with Crippen LogP contribution in [0.15, 0.2) is 24.3 Å². The van der Waals surface area contributed by atoms with Crippen LogP contribution in [0.25, 0.3) is 0 Å². The third-order valence-electron chi connectivity index (χ3n) is 3.40. The summed E-state index contributed by atoms with van der Waals surface area (Å²) in [6.07, 6.45) is 0. The minimum Gasteiger partial charge on any atom is -0.490 e. The second-order valence-corrected chi connectivity index (χ2v) is 5.14. The Morgan fingerprint density at radius 1 is 1.32 bits per heavy atom. The van der Waals surface area contributed by atoms with Crippen LogP contribution in [-0.2, 0) is 16.1 Å². The number of aromatic nitrogens is 2. The Bertz CT molecular complexity index is 820. The lowest BCUT2D eigenvalue weighted by atomic mass is 10.2. The average molecular weight is 344 g/mol. The molecule has 0 aliphatic heterocycles. The molecular weight excluding hydrogens is 328 g/mol. The third-order valence-corrected chi connectivity index (χ3v) is 3.40. The van der Waals surface area contributed by atoms with Crippen molar-refractivity contribution in [1.29, 1.82) is 5.26 Å². The minimum absolute atomic E-state index is 0.0280. The number of aryl methyl sites for hydroxylation is 1. The van der Waals surface area contributed by atoms with Gasteiger partial charge in [0.05, 0.1) is 16.6 Å². The minimum atomic E-state index is -0.566. The van der Waals surface area contributed by atoms with Gasteiger partial charge < -0.3 is 9.47 Å². The molecule has 1 heterocycles. The number of benzene rings is 1. The van der Waals surface area contributed by atoms with E-state index in [1.807, 2.05) is 6.07 Å². The number of carbonyl (C=O) groups excluding carboxylic acids is 1. The molecule has 0 aliphatic carbocycles. The average Bonchev–Trinajstić information content (AvgIpc) is 2.86. The fourth-order valence-corrected chi connectivity index (χ4v) is 2.21. The van der Waals surface area contributed by atoms with E-state index in [4.69, 9.17) is 14.7 Å². The quantitative estimate of drug-likeness (QED) is 0.325. The highest BCUT2D eigenvalue weighted by Gasteiger charge is 2.22. The van der Waals surface area contributed by atoms with Crippen molar-refractivity contribution in [1.82, 2.24) is 9.78 Å². The lowest BCUT2D eigenvalue weighted by Gasteiger charge is -2.08. The van der Waals surface area contributed by atoms with Gasteiger partial charge >= 0.3 is 11.7 Å². The van der Waals surface area contributed by atoms with Crippen LogP contribution in [0.5, 0.6) is 5.75 Å². The molecule has 0 aliphatic rings. The molecule has 0 atom stereocenters. The van der Waals surface area contributed by atoms with Crippen LogP contribution in [-0.4, -0.2) is 33.9 Å². The zero-order valence-corrected chi connectivity index (χ0v) is 13.8. The Hall–Kier alpha value is -3.41. The number of nitriles is 1. The number of hydrogen-bond acceptors (Lipinski definition) is 7. The van der Waals surface area contributed by atoms with E-state index < -0.39 is 10.9 Å². The Labute approximate surface area is 143 Å². The largest absolute Gasteiger partial charge is 0.490 e. The molecule has 130 valence electrons. The zero-order valence-electron chi connectivity index (χ0n) is 13.8. The smallest absolute Gasteiger partial charge is 0.327 e. The molecule has 2 aromatic rings. The lowest BCUT2D eigenvalue weighted by Crippen LogP contribution is -2.18. The molecule has 0 radical (unpaired) electrons. The van der Waals surface area contributed by atoms with Crippen LogP contribution in [0, 0.1) is 35.3 Å². The van der Waals surface area contributed by atoms with Crippen molar-refractivity contribution in [2.24, 2.45) is 0 Å². The van der Waals surface area contributed by atoms with Gasteiger partial charge in [-0.1, -0.05) is 0 Å². The Morgan fingerprint density at radius 3 is 2.56 bits per heavy atom. The Morgan fingerprint density at radius 2 is 2.00 bits per heavy atom. The van der Waals surface area contributed by atoms with Gasteiger partial charge in [0.1, 0.15) is 36.9 Å². The van der Waals surface area contributed by atoms with Gasteiger partial charge in [-0.05, 0) is 38.1 Å². The van der Waals surface area contributed by atoms with E-state index in [0.29, 0.717) is 17.0 Å². The van der Waals surface area contributed by atoms with Gasteiger partial charge in [-0.3, -0.25) is 19.6 Å². The van der Waals surface area contributed by atoms with E-state index in [9.17, 15) is 14.9 Å². The van der Waals surface area contributed by atoms with Crippen LogP contribution >= 0.6 is 0 Å². The van der Waals surface area contributed by atoms with E-state index in [0.717, 1.165) is 0 Å². The summed E-state index contributed by atoms with van der Waals surface area (Å²) in [6.45, 7) is 3.00. The molecule has 2 rings (SSSR count). The summed E-state index contributed by atoms with van der Waals surface area (Å²) in [7, 11) is 0. The molecule has 1 aromatic carbocycles. The molecule has 0 fully saturated rings. The Kier molecular flexibility index (Phi) is 5.68. The van der Waals surface area contributed by atoms with Crippen LogP contribution in [0.2, 0.25) is 0 Å². The van der Waals surface area contributed by atoms with Crippen molar-refractivity contribution in [2.45, 2.75) is 20.4 Å². The highest BCUT2D eigenvalue weighted by atomic mass is 16.6. The second kappa shape index (κ2) is 7.92. The van der Waals surface area contributed by atoms with E-state index in [1.165, 1.54) is 18.5 Å². The fourth-order valence-electron chi connectivity index (χ4n) is 2.21. The first-order valence-corrected chi connectivity index (χ1v) is 7.39. The van der Waals surface area contributed by atoms with Crippen molar-refractivity contribution in [2.75, 3.05) is 13.2 Å². The van der Waals surface area contributed by atoms with E-state index in [2.05, 4.69) is 5.10 Å². The summed E-state index contributed by atoms with van der Waals surface area (Å²) >= 11 is 0. The Balaban J connectivity index is 1.80. The van der Waals surface area contributed by atoms with Crippen molar-refractivity contribution >= 4 is 11.7 Å². The van der Waals surface area contributed by atoms with Crippen molar-refractivity contribution < 1.29 is 19.2 Å². The highest BCUT2D eigenvalue weighted by molar-refractivity contribution is 5.69. The monoisotopic (exact) mass is 344 g/mol. The summed E-state index contributed by atoms with van der Waals surface area (Å²) in [4.78, 5) is 22.2. The first-order chi connectivity index (χ1) is 11.9. The van der Waals surface area contributed by atoms with Gasteiger partial charge in [0, 0.05) is 0 Å². The molecule has 25 heavy (non-hydrogen) atoms. The van der Waals surface area contributed by atoms with Gasteiger partial charge in [-0.2, -0.15) is 10.4 Å². The molecular formula is C16H16N4O5. The van der Waals surface area contributed by atoms with Crippen molar-refractivity contribution in [3.63, 3.8) is 0 Å². The van der Waals surface area contributed by atoms with Gasteiger partial charge in [-0.15, -0.1) is 0 Å². The maximum absolute atomic E-state index is 11.8. The number of carbonyl (C=O) groups is 1. The summed E-state index contributed by atoms with van der Waals surface area (Å²) in [6, 6.07) is 8.54. The van der Waals surface area contributed by atoms with Crippen LogP contribution in [0.3, 0.4) is 0 Å². The number of nitrogens with zero attached hydrogens (tertiary/aromatic N) is 4. The molecule has 1 aromatic heterocycles. The number of rotatable bonds is 7. The maximum Gasteiger partial charge on any atom is 0.327 e. The van der Waals surface area contributed by atoms with E-state index in [1.54, 1.807) is 24.3 Å². The summed E-state index contributed by atoms with van der Waals surface area (Å²) in [5, 5.41) is 23.6. The SMILES string of the molecule is Cc1nn(CC(=O)OCCOc2ccc(C#N)cc2)c(C)c1[N+](=O)[O-]. The summed E-state index contributed by atoms with van der Waals surface area (Å²) in [5.74, 6) is -0.00635. The molecule has 0 saturated carbocycles. The van der Waals surface area contributed by atoms with Crippen LogP contribution in [0.1, 0.15) is 17.0 Å². The van der Waals surface area contributed by atoms with E-state index in [-0.39, 0.29) is 31.1 Å². The maximum atomic E-state index is 11.8. The van der Waals surface area contributed by atoms with Crippen LogP contribution in [0.4, 0.5) is 5.69 Å². The van der Waals surface area contributed by atoms with Gasteiger partial charge in [0.25, 0.3) is 0 Å². The molecule has 0 bridgehead atoms. The van der Waals surface area contributed by atoms with Gasteiger partial charge in [-0.25, -0.2) is 0 Å². The van der Waals surface area contributed by atoms with Crippen molar-refractivity contribution in [3.8, 4) is 11.8 Å². The van der Waals surface area contributed by atoms with Crippen LogP contribution < -0.4 is 4.74 Å². The molecule has 0 amide bonds. The highest BCUT2D eigenvalue weighted by Crippen LogP contribution is 2.21. The first-order valence-electron chi connectivity index (χ1n) is 7.39. The number of esters is 1. The molecule has 0 unspecified atom stereocenters. The molecule has 9 nitrogen and oxygen atoms in total. The normalized spacial score (nSPS) is 10.1. The van der Waals surface area contributed by atoms with Gasteiger partial charge in [0.2, 0.25) is 0 Å². The lowest BCUT2D eigenvalue weighted by molar-refractivity contribution is -0.386. The topological polar surface area (TPSA) is 120 Å². The van der Waals surface area contributed by atoms with Gasteiger partial charge in [0.15, 0.2) is 0 Å². The number of nitro groups is 1.